The highest BCUT2D eigenvalue weighted by Crippen LogP contribution is 2.18. The zero-order valence-corrected chi connectivity index (χ0v) is 14.0. The molecule has 2 aromatic heterocycles. The van der Waals surface area contributed by atoms with Gasteiger partial charge in [0.1, 0.15) is 0 Å². The quantitative estimate of drug-likeness (QED) is 0.629. The minimum atomic E-state index is -0.437. The molecule has 0 N–H and O–H groups in total. The number of benzene rings is 1. The van der Waals surface area contributed by atoms with Crippen molar-refractivity contribution in [2.45, 2.75) is 6.54 Å². The molecule has 0 bridgehead atoms. The van der Waals surface area contributed by atoms with Crippen molar-refractivity contribution in [3.05, 3.63) is 61.0 Å². The summed E-state index contributed by atoms with van der Waals surface area (Å²) in [4.78, 5) is 28.6. The highest BCUT2D eigenvalue weighted by Gasteiger charge is 2.17. The largest absolute Gasteiger partial charge is 0.332 e. The number of nitrogens with zero attached hydrogens (tertiary/aromatic N) is 5. The lowest BCUT2D eigenvalue weighted by Crippen LogP contribution is -2.37. The Bertz CT molecular complexity index is 1080. The summed E-state index contributed by atoms with van der Waals surface area (Å²) >= 11 is 3.34. The SMILES string of the molecule is Cn1c(=O)c2nc(Br)n(Cc3cccc(C#N)c3)c2n(C)c1=O. The topological polar surface area (TPSA) is 85.6 Å². The molecular formula is C15H12BrN5O2. The van der Waals surface area contributed by atoms with E-state index in [1.54, 1.807) is 29.8 Å². The van der Waals surface area contributed by atoms with E-state index in [2.05, 4.69) is 27.0 Å². The van der Waals surface area contributed by atoms with Crippen molar-refractivity contribution >= 4 is 27.1 Å². The van der Waals surface area contributed by atoms with Crippen molar-refractivity contribution in [1.29, 1.82) is 5.26 Å². The fourth-order valence-corrected chi connectivity index (χ4v) is 3.00. The van der Waals surface area contributed by atoms with Crippen molar-refractivity contribution in [2.75, 3.05) is 0 Å². The number of nitriles is 1. The molecule has 2 heterocycles. The molecule has 0 unspecified atom stereocenters. The molecule has 0 saturated carbocycles. The molecule has 0 aliphatic carbocycles. The van der Waals surface area contributed by atoms with Gasteiger partial charge >= 0.3 is 5.69 Å². The van der Waals surface area contributed by atoms with Crippen LogP contribution in [0.25, 0.3) is 11.2 Å². The van der Waals surface area contributed by atoms with Crippen molar-refractivity contribution in [1.82, 2.24) is 18.7 Å². The van der Waals surface area contributed by atoms with Crippen LogP contribution in [0.3, 0.4) is 0 Å². The van der Waals surface area contributed by atoms with Crippen LogP contribution in [0.15, 0.2) is 38.6 Å². The van der Waals surface area contributed by atoms with Gasteiger partial charge < -0.3 is 0 Å². The van der Waals surface area contributed by atoms with E-state index in [9.17, 15) is 9.59 Å². The average Bonchev–Trinajstić information content (AvgIpc) is 2.88. The van der Waals surface area contributed by atoms with E-state index in [1.165, 1.54) is 11.6 Å². The van der Waals surface area contributed by atoms with E-state index >= 15 is 0 Å². The first-order chi connectivity index (χ1) is 10.9. The molecule has 0 saturated heterocycles. The van der Waals surface area contributed by atoms with Crippen LogP contribution in [0.2, 0.25) is 0 Å². The van der Waals surface area contributed by atoms with Crippen molar-refractivity contribution < 1.29 is 0 Å². The first kappa shape index (κ1) is 15.2. The summed E-state index contributed by atoms with van der Waals surface area (Å²) < 4.78 is 4.60. The van der Waals surface area contributed by atoms with Crippen LogP contribution >= 0.6 is 15.9 Å². The Labute approximate surface area is 139 Å². The number of hydrogen-bond donors (Lipinski definition) is 0. The fourth-order valence-electron chi connectivity index (χ4n) is 2.52. The molecule has 23 heavy (non-hydrogen) atoms. The van der Waals surface area contributed by atoms with E-state index in [0.717, 1.165) is 10.1 Å². The second-order valence-corrected chi connectivity index (χ2v) is 5.87. The van der Waals surface area contributed by atoms with Gasteiger partial charge in [0.25, 0.3) is 5.56 Å². The lowest BCUT2D eigenvalue weighted by atomic mass is 10.1. The molecule has 3 rings (SSSR count). The van der Waals surface area contributed by atoms with Gasteiger partial charge in [-0.1, -0.05) is 12.1 Å². The third-order valence-electron chi connectivity index (χ3n) is 3.69. The molecule has 0 spiro atoms. The van der Waals surface area contributed by atoms with Crippen molar-refractivity contribution in [3.8, 4) is 6.07 Å². The minimum Gasteiger partial charge on any atom is -0.300 e. The Morgan fingerprint density at radius 1 is 1.26 bits per heavy atom. The van der Waals surface area contributed by atoms with Gasteiger partial charge in [-0.2, -0.15) is 5.26 Å². The van der Waals surface area contributed by atoms with E-state index in [-0.39, 0.29) is 5.52 Å². The molecule has 0 aliphatic heterocycles. The van der Waals surface area contributed by atoms with Crippen molar-refractivity contribution in [3.63, 3.8) is 0 Å². The summed E-state index contributed by atoms with van der Waals surface area (Å²) in [6.45, 7) is 0.382. The summed E-state index contributed by atoms with van der Waals surface area (Å²) in [5, 5.41) is 8.99. The van der Waals surface area contributed by atoms with Crippen LogP contribution in [-0.4, -0.2) is 18.7 Å². The molecule has 0 radical (unpaired) electrons. The summed E-state index contributed by atoms with van der Waals surface area (Å²) in [6, 6.07) is 9.23. The van der Waals surface area contributed by atoms with Gasteiger partial charge in [-0.15, -0.1) is 0 Å². The van der Waals surface area contributed by atoms with Gasteiger partial charge in [0.2, 0.25) is 0 Å². The van der Waals surface area contributed by atoms with Crippen LogP contribution in [-0.2, 0) is 20.6 Å². The van der Waals surface area contributed by atoms with Crippen molar-refractivity contribution in [2.24, 2.45) is 14.1 Å². The Kier molecular flexibility index (Phi) is 3.66. The number of imidazole rings is 1. The number of fused-ring (bicyclic) bond motifs is 1. The fraction of sp³-hybridized carbons (Fsp3) is 0.200. The standard InChI is InChI=1S/C15H12BrN5O2/c1-19-12-11(13(22)20(2)15(19)23)18-14(16)21(12)8-10-5-3-4-9(6-10)7-17/h3-6H,8H2,1-2H3. The monoisotopic (exact) mass is 373 g/mol. The van der Waals surface area contributed by atoms with Gasteiger partial charge in [0.05, 0.1) is 18.2 Å². The predicted octanol–water partition coefficient (Wildman–Crippen LogP) is 1.12. The van der Waals surface area contributed by atoms with Gasteiger partial charge in [-0.3, -0.25) is 18.5 Å². The number of aryl methyl sites for hydroxylation is 1. The average molecular weight is 374 g/mol. The molecule has 0 aliphatic rings. The number of halogens is 1. The highest BCUT2D eigenvalue weighted by atomic mass is 79.9. The van der Waals surface area contributed by atoms with Gasteiger partial charge in [0, 0.05) is 14.1 Å². The van der Waals surface area contributed by atoms with E-state index in [1.807, 2.05) is 6.07 Å². The molecule has 0 atom stereocenters. The molecule has 0 fully saturated rings. The predicted molar refractivity (Wildman–Crippen MR) is 88.2 cm³/mol. The smallest absolute Gasteiger partial charge is 0.300 e. The normalized spacial score (nSPS) is 10.9. The molecule has 1 aromatic carbocycles. The van der Waals surface area contributed by atoms with Crippen LogP contribution in [0.4, 0.5) is 0 Å². The summed E-state index contributed by atoms with van der Waals surface area (Å²) in [5.41, 5.74) is 1.23. The second-order valence-electron chi connectivity index (χ2n) is 5.16. The maximum Gasteiger partial charge on any atom is 0.332 e. The van der Waals surface area contributed by atoms with E-state index < -0.39 is 11.2 Å². The molecule has 0 amide bonds. The molecule has 116 valence electrons. The Morgan fingerprint density at radius 2 is 2.00 bits per heavy atom. The Hall–Kier alpha value is -2.66. The van der Waals surface area contributed by atoms with E-state index in [4.69, 9.17) is 5.26 Å². The minimum absolute atomic E-state index is 0.220. The summed E-state index contributed by atoms with van der Waals surface area (Å²) in [7, 11) is 3.02. The third-order valence-corrected chi connectivity index (χ3v) is 4.30. The zero-order chi connectivity index (χ0) is 16.7. The van der Waals surface area contributed by atoms with Crippen LogP contribution in [0.1, 0.15) is 11.1 Å². The first-order valence-corrected chi connectivity index (χ1v) is 7.54. The Balaban J connectivity index is 2.26. The number of aromatic nitrogens is 4. The van der Waals surface area contributed by atoms with Crippen LogP contribution < -0.4 is 11.2 Å². The molecule has 3 aromatic rings. The van der Waals surface area contributed by atoms with Gasteiger partial charge in [-0.05, 0) is 33.6 Å². The second kappa shape index (κ2) is 5.52. The summed E-state index contributed by atoms with van der Waals surface area (Å²) in [5.74, 6) is 0. The Morgan fingerprint density at radius 3 is 2.70 bits per heavy atom. The van der Waals surface area contributed by atoms with E-state index in [0.29, 0.717) is 22.5 Å². The van der Waals surface area contributed by atoms with Gasteiger partial charge in [0.15, 0.2) is 15.9 Å². The maximum atomic E-state index is 12.2. The number of rotatable bonds is 2. The molecule has 7 nitrogen and oxygen atoms in total. The number of hydrogen-bond acceptors (Lipinski definition) is 4. The molecular weight excluding hydrogens is 362 g/mol. The lowest BCUT2D eigenvalue weighted by molar-refractivity contribution is 0.685. The first-order valence-electron chi connectivity index (χ1n) is 6.75. The maximum absolute atomic E-state index is 12.2. The van der Waals surface area contributed by atoms with Gasteiger partial charge in [-0.25, -0.2) is 9.78 Å². The highest BCUT2D eigenvalue weighted by molar-refractivity contribution is 9.10. The van der Waals surface area contributed by atoms with Crippen LogP contribution in [0.5, 0.6) is 0 Å². The molecule has 8 heteroatoms. The zero-order valence-electron chi connectivity index (χ0n) is 12.4. The summed E-state index contributed by atoms with van der Waals surface area (Å²) in [6.07, 6.45) is 0. The van der Waals surface area contributed by atoms with Crippen LogP contribution in [0, 0.1) is 11.3 Å². The lowest BCUT2D eigenvalue weighted by Gasteiger charge is -2.10. The third kappa shape index (κ3) is 2.39.